The van der Waals surface area contributed by atoms with E-state index in [9.17, 15) is 4.39 Å². The van der Waals surface area contributed by atoms with Crippen LogP contribution in [0.1, 0.15) is 12.5 Å². The van der Waals surface area contributed by atoms with Crippen LogP contribution in [0, 0.1) is 5.82 Å². The first kappa shape index (κ1) is 18.3. The van der Waals surface area contributed by atoms with Crippen molar-refractivity contribution in [3.63, 3.8) is 0 Å². The molecule has 1 aliphatic rings. The van der Waals surface area contributed by atoms with Gasteiger partial charge in [-0.25, -0.2) is 4.39 Å². The van der Waals surface area contributed by atoms with Crippen molar-refractivity contribution in [2.45, 2.75) is 13.5 Å². The number of hydrogen-bond acceptors (Lipinski definition) is 7. The lowest BCUT2D eigenvalue weighted by Crippen LogP contribution is -2.45. The minimum absolute atomic E-state index is 0.238. The van der Waals surface area contributed by atoms with Gasteiger partial charge in [-0.3, -0.25) is 0 Å². The molecule has 0 unspecified atom stereocenters. The van der Waals surface area contributed by atoms with Gasteiger partial charge in [-0.05, 0) is 31.7 Å². The molecular weight excluding hydrogens is 333 g/mol. The summed E-state index contributed by atoms with van der Waals surface area (Å²) in [6.07, 6.45) is 0. The molecule has 1 fully saturated rings. The molecule has 0 saturated carbocycles. The fraction of sp³-hybridized carbons (Fsp3) is 0.500. The van der Waals surface area contributed by atoms with Crippen molar-refractivity contribution in [2.75, 3.05) is 61.9 Å². The number of halogens is 1. The summed E-state index contributed by atoms with van der Waals surface area (Å²) in [6, 6.07) is 6.42. The van der Waals surface area contributed by atoms with Crippen molar-refractivity contribution in [2.24, 2.45) is 0 Å². The standard InChI is InChI=1S/C18H26FN7/c1-4-25(3)17-21-16(20-13-14-5-7-15(19)8-6-14)22-18(23-17)26-11-9-24(2)10-12-26/h5-8H,4,9-13H2,1-3H3,(H,20,21,22,23). The van der Waals surface area contributed by atoms with Gasteiger partial charge in [0.1, 0.15) is 5.82 Å². The molecule has 0 amide bonds. The first-order valence-corrected chi connectivity index (χ1v) is 8.94. The van der Waals surface area contributed by atoms with Crippen LogP contribution in [-0.2, 0) is 6.54 Å². The van der Waals surface area contributed by atoms with Crippen LogP contribution < -0.4 is 15.1 Å². The van der Waals surface area contributed by atoms with E-state index in [0.29, 0.717) is 24.4 Å². The average molecular weight is 359 g/mol. The summed E-state index contributed by atoms with van der Waals surface area (Å²) < 4.78 is 13.0. The van der Waals surface area contributed by atoms with Crippen LogP contribution in [0.4, 0.5) is 22.2 Å². The van der Waals surface area contributed by atoms with E-state index in [1.54, 1.807) is 12.1 Å². The molecule has 1 aliphatic heterocycles. The van der Waals surface area contributed by atoms with Gasteiger partial charge in [-0.15, -0.1) is 0 Å². The fourth-order valence-electron chi connectivity index (χ4n) is 2.68. The summed E-state index contributed by atoms with van der Waals surface area (Å²) in [5.74, 6) is 1.65. The van der Waals surface area contributed by atoms with Gasteiger partial charge in [-0.1, -0.05) is 12.1 Å². The number of rotatable bonds is 6. The Kier molecular flexibility index (Phi) is 5.82. The monoisotopic (exact) mass is 359 g/mol. The molecule has 0 radical (unpaired) electrons. The fourth-order valence-corrected chi connectivity index (χ4v) is 2.68. The predicted octanol–water partition coefficient (Wildman–Crippen LogP) is 1.83. The molecule has 7 nitrogen and oxygen atoms in total. The van der Waals surface area contributed by atoms with Gasteiger partial charge in [0.05, 0.1) is 0 Å². The zero-order valence-electron chi connectivity index (χ0n) is 15.6. The maximum absolute atomic E-state index is 13.0. The Labute approximate surface area is 153 Å². The Morgan fingerprint density at radius 1 is 1.08 bits per heavy atom. The number of nitrogens with zero attached hydrogens (tertiary/aromatic N) is 6. The second kappa shape index (κ2) is 8.27. The van der Waals surface area contributed by atoms with Crippen molar-refractivity contribution in [3.05, 3.63) is 35.6 Å². The number of likely N-dealkylation sites (N-methyl/N-ethyl adjacent to an activating group) is 1. The summed E-state index contributed by atoms with van der Waals surface area (Å²) in [7, 11) is 4.09. The van der Waals surface area contributed by atoms with Gasteiger partial charge in [-0.2, -0.15) is 15.0 Å². The highest BCUT2D eigenvalue weighted by atomic mass is 19.1. The van der Waals surface area contributed by atoms with E-state index in [2.05, 4.69) is 44.0 Å². The van der Waals surface area contributed by atoms with E-state index in [1.165, 1.54) is 12.1 Å². The molecule has 0 atom stereocenters. The van der Waals surface area contributed by atoms with E-state index in [4.69, 9.17) is 0 Å². The van der Waals surface area contributed by atoms with Crippen LogP contribution in [-0.4, -0.2) is 66.7 Å². The summed E-state index contributed by atoms with van der Waals surface area (Å²) in [6.45, 7) is 7.17. The lowest BCUT2D eigenvalue weighted by Gasteiger charge is -2.32. The maximum atomic E-state index is 13.0. The van der Waals surface area contributed by atoms with Crippen LogP contribution in [0.15, 0.2) is 24.3 Å². The molecule has 1 aromatic carbocycles. The Balaban J connectivity index is 1.78. The van der Waals surface area contributed by atoms with Gasteiger partial charge < -0.3 is 20.0 Å². The summed E-state index contributed by atoms with van der Waals surface area (Å²) >= 11 is 0. The van der Waals surface area contributed by atoms with Crippen LogP contribution in [0.5, 0.6) is 0 Å². The Morgan fingerprint density at radius 2 is 1.77 bits per heavy atom. The van der Waals surface area contributed by atoms with Gasteiger partial charge in [0.2, 0.25) is 17.8 Å². The lowest BCUT2D eigenvalue weighted by atomic mass is 10.2. The van der Waals surface area contributed by atoms with Crippen LogP contribution >= 0.6 is 0 Å². The zero-order valence-corrected chi connectivity index (χ0v) is 15.6. The minimum Gasteiger partial charge on any atom is -0.350 e. The Hall–Kier alpha value is -2.48. The lowest BCUT2D eigenvalue weighted by molar-refractivity contribution is 0.311. The van der Waals surface area contributed by atoms with Crippen LogP contribution in [0.2, 0.25) is 0 Å². The van der Waals surface area contributed by atoms with E-state index in [1.807, 2.05) is 11.9 Å². The smallest absolute Gasteiger partial charge is 0.232 e. The summed E-state index contributed by atoms with van der Waals surface area (Å²) in [5, 5.41) is 3.24. The molecule has 26 heavy (non-hydrogen) atoms. The molecule has 140 valence electrons. The van der Waals surface area contributed by atoms with Crippen molar-refractivity contribution in [1.29, 1.82) is 0 Å². The second-order valence-electron chi connectivity index (χ2n) is 6.54. The van der Waals surface area contributed by atoms with Crippen molar-refractivity contribution >= 4 is 17.8 Å². The second-order valence-corrected chi connectivity index (χ2v) is 6.54. The third-order valence-corrected chi connectivity index (χ3v) is 4.58. The molecule has 2 aromatic rings. The molecule has 2 heterocycles. The molecule has 0 aliphatic carbocycles. The normalized spacial score (nSPS) is 15.2. The van der Waals surface area contributed by atoms with Crippen molar-refractivity contribution < 1.29 is 4.39 Å². The maximum Gasteiger partial charge on any atom is 0.232 e. The number of aromatic nitrogens is 3. The highest BCUT2D eigenvalue weighted by Crippen LogP contribution is 2.18. The number of nitrogens with one attached hydrogen (secondary N) is 1. The molecule has 1 saturated heterocycles. The van der Waals surface area contributed by atoms with E-state index in [0.717, 1.165) is 38.3 Å². The molecular formula is C18H26FN7. The summed E-state index contributed by atoms with van der Waals surface area (Å²) in [5.41, 5.74) is 0.971. The first-order chi connectivity index (χ1) is 12.5. The highest BCUT2D eigenvalue weighted by molar-refractivity contribution is 5.45. The molecule has 1 N–H and O–H groups in total. The van der Waals surface area contributed by atoms with E-state index in [-0.39, 0.29) is 5.82 Å². The quantitative estimate of drug-likeness (QED) is 0.844. The van der Waals surface area contributed by atoms with Gasteiger partial charge in [0.15, 0.2) is 0 Å². The topological polar surface area (TPSA) is 60.4 Å². The minimum atomic E-state index is -0.238. The molecule has 1 aromatic heterocycles. The largest absolute Gasteiger partial charge is 0.350 e. The Morgan fingerprint density at radius 3 is 2.42 bits per heavy atom. The molecule has 0 spiro atoms. The zero-order chi connectivity index (χ0) is 18.5. The molecule has 8 heteroatoms. The molecule has 3 rings (SSSR count). The van der Waals surface area contributed by atoms with Gasteiger partial charge in [0, 0.05) is 46.3 Å². The average Bonchev–Trinajstić information content (AvgIpc) is 2.67. The van der Waals surface area contributed by atoms with Crippen LogP contribution in [0.3, 0.4) is 0 Å². The highest BCUT2D eigenvalue weighted by Gasteiger charge is 2.19. The number of hydrogen-bond donors (Lipinski definition) is 1. The SMILES string of the molecule is CCN(C)c1nc(NCc2ccc(F)cc2)nc(N2CCN(C)CC2)n1. The molecule has 0 bridgehead atoms. The Bertz CT molecular complexity index is 714. The first-order valence-electron chi connectivity index (χ1n) is 8.94. The van der Waals surface area contributed by atoms with Crippen LogP contribution in [0.25, 0.3) is 0 Å². The van der Waals surface area contributed by atoms with Crippen molar-refractivity contribution in [3.8, 4) is 0 Å². The summed E-state index contributed by atoms with van der Waals surface area (Å²) in [4.78, 5) is 20.3. The van der Waals surface area contributed by atoms with E-state index >= 15 is 0 Å². The third kappa shape index (κ3) is 4.57. The predicted molar refractivity (Wildman–Crippen MR) is 102 cm³/mol. The van der Waals surface area contributed by atoms with Gasteiger partial charge >= 0.3 is 0 Å². The van der Waals surface area contributed by atoms with Gasteiger partial charge in [0.25, 0.3) is 0 Å². The van der Waals surface area contributed by atoms with Crippen molar-refractivity contribution in [1.82, 2.24) is 19.9 Å². The number of anilines is 3. The third-order valence-electron chi connectivity index (χ3n) is 4.58. The number of benzene rings is 1. The number of piperazine rings is 1. The van der Waals surface area contributed by atoms with E-state index < -0.39 is 0 Å².